The van der Waals surface area contributed by atoms with Gasteiger partial charge in [-0.15, -0.1) is 0 Å². The fourth-order valence-corrected chi connectivity index (χ4v) is 4.25. The third-order valence-electron chi connectivity index (χ3n) is 4.60. The number of fused-ring (bicyclic) bond motifs is 1. The van der Waals surface area contributed by atoms with Crippen LogP contribution < -0.4 is 19.5 Å². The molecule has 1 aliphatic heterocycles. The Labute approximate surface area is 182 Å². The molecule has 1 aromatic heterocycles. The summed E-state index contributed by atoms with van der Waals surface area (Å²) in [5.41, 5.74) is 0.904. The second-order valence-corrected chi connectivity index (χ2v) is 8.53. The summed E-state index contributed by atoms with van der Waals surface area (Å²) >= 11 is 0. The van der Waals surface area contributed by atoms with Crippen molar-refractivity contribution in [2.45, 2.75) is 19.1 Å². The Bertz CT molecular complexity index is 1240. The molecule has 0 saturated carbocycles. The first-order chi connectivity index (χ1) is 15.4. The SMILES string of the molecule is O=C(OCc1ccccc1)S(=O)(=O)N1C[C@H](CCOc2noc(=O)[nH]2)Oc2ccccc21. The Hall–Kier alpha value is -3.80. The minimum Gasteiger partial charge on any atom is -0.486 e. The number of aromatic amines is 1. The third kappa shape index (κ3) is 4.75. The second-order valence-electron chi connectivity index (χ2n) is 6.81. The molecule has 168 valence electrons. The molecule has 32 heavy (non-hydrogen) atoms. The minimum atomic E-state index is -4.48. The number of ether oxygens (including phenoxy) is 3. The number of carbonyl (C=O) groups is 1. The predicted molar refractivity (Wildman–Crippen MR) is 111 cm³/mol. The van der Waals surface area contributed by atoms with Crippen molar-refractivity contribution in [1.82, 2.24) is 10.1 Å². The Balaban J connectivity index is 1.46. The van der Waals surface area contributed by atoms with Gasteiger partial charge in [0, 0.05) is 6.42 Å². The Morgan fingerprint density at radius 1 is 1.16 bits per heavy atom. The molecule has 2 heterocycles. The monoisotopic (exact) mass is 461 g/mol. The zero-order chi connectivity index (χ0) is 22.6. The molecule has 0 fully saturated rings. The van der Waals surface area contributed by atoms with Crippen LogP contribution in [0.1, 0.15) is 12.0 Å². The number of aromatic nitrogens is 2. The summed E-state index contributed by atoms with van der Waals surface area (Å²) < 4.78 is 47.5. The molecule has 0 aliphatic carbocycles. The summed E-state index contributed by atoms with van der Waals surface area (Å²) in [4.78, 5) is 25.7. The zero-order valence-electron chi connectivity index (χ0n) is 16.7. The van der Waals surface area contributed by atoms with Gasteiger partial charge in [-0.3, -0.25) is 8.83 Å². The van der Waals surface area contributed by atoms with Crippen LogP contribution in [0, 0.1) is 0 Å². The Kier molecular flexibility index (Phi) is 6.12. The quantitative estimate of drug-likeness (QED) is 0.523. The van der Waals surface area contributed by atoms with Crippen molar-refractivity contribution in [3.8, 4) is 11.8 Å². The van der Waals surface area contributed by atoms with Crippen LogP contribution in [0.2, 0.25) is 0 Å². The lowest BCUT2D eigenvalue weighted by atomic mass is 10.2. The van der Waals surface area contributed by atoms with Gasteiger partial charge in [0.2, 0.25) is 0 Å². The molecule has 0 bridgehead atoms. The molecular formula is C20H19N3O8S. The van der Waals surface area contributed by atoms with E-state index in [0.717, 1.165) is 4.31 Å². The number of H-pyrrole nitrogens is 1. The van der Waals surface area contributed by atoms with Crippen LogP contribution in [0.15, 0.2) is 63.9 Å². The van der Waals surface area contributed by atoms with E-state index in [2.05, 4.69) is 14.7 Å². The highest BCUT2D eigenvalue weighted by Gasteiger charge is 2.39. The largest absolute Gasteiger partial charge is 0.486 e. The van der Waals surface area contributed by atoms with E-state index in [0.29, 0.717) is 11.3 Å². The van der Waals surface area contributed by atoms with Crippen LogP contribution in [-0.4, -0.2) is 43.1 Å². The summed E-state index contributed by atoms with van der Waals surface area (Å²) in [7, 11) is -4.48. The molecule has 0 radical (unpaired) electrons. The number of hydrogen-bond acceptors (Lipinski definition) is 9. The number of sulfonamides is 1. The fourth-order valence-electron chi connectivity index (χ4n) is 3.09. The first kappa shape index (κ1) is 21.4. The number of rotatable bonds is 7. The van der Waals surface area contributed by atoms with E-state index < -0.39 is 27.2 Å². The number of nitrogens with one attached hydrogen (secondary N) is 1. The van der Waals surface area contributed by atoms with Crippen molar-refractivity contribution in [3.05, 3.63) is 70.7 Å². The number of benzene rings is 2. The average Bonchev–Trinajstić information content (AvgIpc) is 3.22. The molecule has 0 unspecified atom stereocenters. The molecule has 4 rings (SSSR count). The van der Waals surface area contributed by atoms with Crippen molar-refractivity contribution in [3.63, 3.8) is 0 Å². The summed E-state index contributed by atoms with van der Waals surface area (Å²) in [5, 5.41) is 2.03. The number of hydrogen-bond donors (Lipinski definition) is 1. The normalized spacial score (nSPS) is 15.5. The zero-order valence-corrected chi connectivity index (χ0v) is 17.5. The van der Waals surface area contributed by atoms with Crippen LogP contribution in [0.4, 0.5) is 10.5 Å². The van der Waals surface area contributed by atoms with Gasteiger partial charge in [-0.25, -0.2) is 14.6 Å². The minimum absolute atomic E-state index is 0.0572. The average molecular weight is 461 g/mol. The maximum Gasteiger partial charge on any atom is 0.445 e. The molecule has 0 saturated heterocycles. The van der Waals surface area contributed by atoms with Gasteiger partial charge in [0.1, 0.15) is 18.5 Å². The lowest BCUT2D eigenvalue weighted by molar-refractivity contribution is 0.153. The van der Waals surface area contributed by atoms with Crippen molar-refractivity contribution < 1.29 is 31.9 Å². The van der Waals surface area contributed by atoms with Crippen LogP contribution in [-0.2, 0) is 21.4 Å². The first-order valence-electron chi connectivity index (χ1n) is 9.61. The first-order valence-corrected chi connectivity index (χ1v) is 11.1. The molecule has 3 aromatic rings. The number of anilines is 1. The van der Waals surface area contributed by atoms with E-state index in [1.165, 1.54) is 0 Å². The van der Waals surface area contributed by atoms with Crippen LogP contribution in [0.5, 0.6) is 11.8 Å². The van der Waals surface area contributed by atoms with Gasteiger partial charge in [-0.05, 0) is 22.9 Å². The molecule has 12 heteroatoms. The highest BCUT2D eigenvalue weighted by Crippen LogP contribution is 2.36. The molecular weight excluding hydrogens is 442 g/mol. The lowest BCUT2D eigenvalue weighted by Crippen LogP contribution is -2.46. The van der Waals surface area contributed by atoms with Gasteiger partial charge in [0.25, 0.3) is 0 Å². The Morgan fingerprint density at radius 2 is 1.91 bits per heavy atom. The van der Waals surface area contributed by atoms with Crippen molar-refractivity contribution in [2.75, 3.05) is 17.5 Å². The predicted octanol–water partition coefficient (Wildman–Crippen LogP) is 2.07. The summed E-state index contributed by atoms with van der Waals surface area (Å²) in [6, 6.07) is 15.2. The molecule has 1 N–H and O–H groups in total. The molecule has 11 nitrogen and oxygen atoms in total. The van der Waals surface area contributed by atoms with Crippen molar-refractivity contribution >= 4 is 21.0 Å². The molecule has 0 spiro atoms. The van der Waals surface area contributed by atoms with Crippen LogP contribution in [0.3, 0.4) is 0 Å². The number of para-hydroxylation sites is 2. The maximum absolute atomic E-state index is 13.0. The van der Waals surface area contributed by atoms with Gasteiger partial charge < -0.3 is 14.2 Å². The molecule has 2 aromatic carbocycles. The number of carbonyl (C=O) groups excluding carboxylic acids is 1. The van der Waals surface area contributed by atoms with E-state index in [4.69, 9.17) is 14.2 Å². The van der Waals surface area contributed by atoms with E-state index in [9.17, 15) is 18.0 Å². The summed E-state index contributed by atoms with van der Waals surface area (Å²) in [6.07, 6.45) is -0.380. The summed E-state index contributed by atoms with van der Waals surface area (Å²) in [6.45, 7) is -0.238. The molecule has 1 atom stereocenters. The van der Waals surface area contributed by atoms with Crippen LogP contribution in [0.25, 0.3) is 0 Å². The van der Waals surface area contributed by atoms with E-state index >= 15 is 0 Å². The van der Waals surface area contributed by atoms with E-state index in [-0.39, 0.29) is 37.9 Å². The van der Waals surface area contributed by atoms with Crippen molar-refractivity contribution in [2.24, 2.45) is 0 Å². The summed E-state index contributed by atoms with van der Waals surface area (Å²) in [5.74, 6) is -0.452. The van der Waals surface area contributed by atoms with Gasteiger partial charge in [0.05, 0.1) is 18.8 Å². The molecule has 0 amide bonds. The third-order valence-corrected chi connectivity index (χ3v) is 6.06. The smallest absolute Gasteiger partial charge is 0.445 e. The van der Waals surface area contributed by atoms with Gasteiger partial charge >= 0.3 is 27.1 Å². The maximum atomic E-state index is 13.0. The standard InChI is InChI=1S/C20H19N3O8S/c24-19-21-18(22-31-19)28-11-10-15-12-23(16-8-4-5-9-17(16)30-15)32(26,27)20(25)29-13-14-6-2-1-3-7-14/h1-9,15H,10-13H2,(H,21,22,24)/t15-/m0/s1. The van der Waals surface area contributed by atoms with Crippen LogP contribution >= 0.6 is 0 Å². The van der Waals surface area contributed by atoms with Gasteiger partial charge in [-0.1, -0.05) is 42.5 Å². The van der Waals surface area contributed by atoms with E-state index in [1.807, 2.05) is 0 Å². The van der Waals surface area contributed by atoms with Crippen molar-refractivity contribution in [1.29, 1.82) is 0 Å². The lowest BCUT2D eigenvalue weighted by Gasteiger charge is -2.34. The number of nitrogens with zero attached hydrogens (tertiary/aromatic N) is 2. The fraction of sp³-hybridized carbons (Fsp3) is 0.250. The highest BCUT2D eigenvalue weighted by molar-refractivity contribution is 8.06. The Morgan fingerprint density at radius 3 is 2.66 bits per heavy atom. The topological polar surface area (TPSA) is 141 Å². The highest BCUT2D eigenvalue weighted by atomic mass is 32.2. The van der Waals surface area contributed by atoms with Gasteiger partial charge in [-0.2, -0.15) is 8.42 Å². The van der Waals surface area contributed by atoms with Gasteiger partial charge in [0.15, 0.2) is 0 Å². The van der Waals surface area contributed by atoms with E-state index in [1.54, 1.807) is 54.6 Å². The molecule has 1 aliphatic rings. The second kappa shape index (κ2) is 9.14.